The first-order valence-corrected chi connectivity index (χ1v) is 8.18. The van der Waals surface area contributed by atoms with Gasteiger partial charge in [-0.25, -0.2) is 4.98 Å². The number of fused-ring (bicyclic) bond motifs is 2. The van der Waals surface area contributed by atoms with E-state index >= 15 is 0 Å². The maximum atomic E-state index is 11.9. The van der Waals surface area contributed by atoms with Crippen LogP contribution >= 0.6 is 11.3 Å². The summed E-state index contributed by atoms with van der Waals surface area (Å²) in [4.78, 5) is 19.2. The van der Waals surface area contributed by atoms with Crippen molar-refractivity contribution in [1.29, 1.82) is 0 Å². The molecule has 21 heavy (non-hydrogen) atoms. The van der Waals surface area contributed by atoms with Crippen LogP contribution in [0.4, 0.5) is 0 Å². The monoisotopic (exact) mass is 306 g/mol. The number of likely N-dealkylation sites (tertiary alicyclic amines) is 1. The summed E-state index contributed by atoms with van der Waals surface area (Å²) in [7, 11) is 0. The first-order chi connectivity index (χ1) is 10.1. The van der Waals surface area contributed by atoms with Gasteiger partial charge in [-0.2, -0.15) is 9.61 Å². The van der Waals surface area contributed by atoms with Gasteiger partial charge in [0.05, 0.1) is 12.6 Å². The summed E-state index contributed by atoms with van der Waals surface area (Å²) in [5, 5.41) is 15.3. The van der Waals surface area contributed by atoms with Crippen LogP contribution in [0.25, 0.3) is 4.96 Å². The molecule has 4 rings (SSSR count). The lowest BCUT2D eigenvalue weighted by Crippen LogP contribution is -2.24. The number of aromatic nitrogens is 3. The Kier molecular flexibility index (Phi) is 3.09. The molecule has 1 N–H and O–H groups in total. The van der Waals surface area contributed by atoms with Gasteiger partial charge in [0.2, 0.25) is 4.96 Å². The lowest BCUT2D eigenvalue weighted by Gasteiger charge is -2.15. The van der Waals surface area contributed by atoms with Gasteiger partial charge in [0.25, 0.3) is 5.56 Å². The molecule has 2 fully saturated rings. The number of aryl methyl sites for hydroxylation is 1. The van der Waals surface area contributed by atoms with Gasteiger partial charge in [-0.3, -0.25) is 9.69 Å². The van der Waals surface area contributed by atoms with Crippen LogP contribution in [0.5, 0.6) is 0 Å². The Morgan fingerprint density at radius 3 is 3.10 bits per heavy atom. The molecule has 1 saturated heterocycles. The highest BCUT2D eigenvalue weighted by atomic mass is 32.1. The van der Waals surface area contributed by atoms with E-state index in [1.807, 2.05) is 6.92 Å². The molecular weight excluding hydrogens is 288 g/mol. The molecular formula is C14H18N4O2S. The summed E-state index contributed by atoms with van der Waals surface area (Å²) in [6.45, 7) is 4.53. The third-order valence-corrected chi connectivity index (χ3v) is 5.56. The van der Waals surface area contributed by atoms with E-state index in [1.54, 1.807) is 0 Å². The van der Waals surface area contributed by atoms with Crippen molar-refractivity contribution < 1.29 is 5.11 Å². The van der Waals surface area contributed by atoms with E-state index in [4.69, 9.17) is 0 Å². The second kappa shape index (κ2) is 4.86. The molecule has 1 saturated carbocycles. The molecule has 0 spiro atoms. The van der Waals surface area contributed by atoms with Crippen molar-refractivity contribution in [2.75, 3.05) is 13.1 Å². The SMILES string of the molecule is Cc1cc(=O)n2nc(CN3CC4CCC(O)C4C3)sc2n1. The fourth-order valence-corrected chi connectivity index (χ4v) is 4.66. The minimum atomic E-state index is -0.137. The molecule has 112 valence electrons. The standard InChI is InChI=1S/C14H18N4O2S/c1-8-4-13(20)18-14(15-8)21-12(16-18)7-17-5-9-2-3-11(19)10(9)6-17/h4,9-11,19H,2-3,5-7H2,1H3. The summed E-state index contributed by atoms with van der Waals surface area (Å²) in [5.41, 5.74) is 0.614. The largest absolute Gasteiger partial charge is 0.393 e. The lowest BCUT2D eigenvalue weighted by molar-refractivity contribution is 0.123. The molecule has 1 aliphatic heterocycles. The summed E-state index contributed by atoms with van der Waals surface area (Å²) in [6.07, 6.45) is 1.94. The first kappa shape index (κ1) is 13.4. The van der Waals surface area contributed by atoms with Gasteiger partial charge < -0.3 is 5.11 Å². The summed E-state index contributed by atoms with van der Waals surface area (Å²) in [5.74, 6) is 1.04. The molecule has 2 aromatic rings. The smallest absolute Gasteiger partial charge is 0.275 e. The van der Waals surface area contributed by atoms with Crippen molar-refractivity contribution in [3.05, 3.63) is 27.1 Å². The van der Waals surface area contributed by atoms with Crippen LogP contribution in [-0.2, 0) is 6.54 Å². The highest BCUT2D eigenvalue weighted by molar-refractivity contribution is 7.16. The van der Waals surface area contributed by atoms with Crippen LogP contribution in [0.2, 0.25) is 0 Å². The predicted octanol–water partition coefficient (Wildman–Crippen LogP) is 0.662. The summed E-state index contributed by atoms with van der Waals surface area (Å²) in [6, 6.07) is 1.51. The van der Waals surface area contributed by atoms with E-state index in [-0.39, 0.29) is 11.7 Å². The maximum Gasteiger partial charge on any atom is 0.275 e. The Labute approximate surface area is 126 Å². The molecule has 3 heterocycles. The minimum Gasteiger partial charge on any atom is -0.393 e. The van der Waals surface area contributed by atoms with Crippen LogP contribution in [0.3, 0.4) is 0 Å². The summed E-state index contributed by atoms with van der Waals surface area (Å²) < 4.78 is 1.39. The van der Waals surface area contributed by atoms with Gasteiger partial charge in [-0.05, 0) is 25.7 Å². The van der Waals surface area contributed by atoms with Crippen molar-refractivity contribution in [2.45, 2.75) is 32.4 Å². The Bertz CT molecular complexity index is 740. The van der Waals surface area contributed by atoms with E-state index in [9.17, 15) is 9.90 Å². The molecule has 2 aromatic heterocycles. The van der Waals surface area contributed by atoms with Crippen molar-refractivity contribution >= 4 is 16.3 Å². The van der Waals surface area contributed by atoms with Crippen LogP contribution in [0.1, 0.15) is 23.5 Å². The molecule has 0 amide bonds. The number of nitrogens with zero attached hydrogens (tertiary/aromatic N) is 4. The van der Waals surface area contributed by atoms with Crippen LogP contribution < -0.4 is 5.56 Å². The normalized spacial score (nSPS) is 29.3. The Morgan fingerprint density at radius 1 is 1.43 bits per heavy atom. The fourth-order valence-electron chi connectivity index (χ4n) is 3.67. The van der Waals surface area contributed by atoms with Crippen molar-refractivity contribution in [2.24, 2.45) is 11.8 Å². The van der Waals surface area contributed by atoms with Crippen molar-refractivity contribution in [1.82, 2.24) is 19.5 Å². The van der Waals surface area contributed by atoms with E-state index in [2.05, 4.69) is 15.0 Å². The average Bonchev–Trinajstić information content (AvgIpc) is 3.07. The van der Waals surface area contributed by atoms with Gasteiger partial charge in [0.1, 0.15) is 5.01 Å². The zero-order chi connectivity index (χ0) is 14.6. The van der Waals surface area contributed by atoms with Gasteiger partial charge in [0.15, 0.2) is 0 Å². The number of hydrogen-bond acceptors (Lipinski definition) is 6. The molecule has 0 radical (unpaired) electrons. The van der Waals surface area contributed by atoms with Gasteiger partial charge in [-0.1, -0.05) is 11.3 Å². The molecule has 6 nitrogen and oxygen atoms in total. The average molecular weight is 306 g/mol. The topological polar surface area (TPSA) is 70.7 Å². The zero-order valence-corrected chi connectivity index (χ0v) is 12.7. The lowest BCUT2D eigenvalue weighted by atomic mass is 10.00. The molecule has 3 unspecified atom stereocenters. The highest BCUT2D eigenvalue weighted by Gasteiger charge is 2.41. The van der Waals surface area contributed by atoms with E-state index in [1.165, 1.54) is 21.9 Å². The Balaban J connectivity index is 1.56. The zero-order valence-electron chi connectivity index (χ0n) is 11.9. The van der Waals surface area contributed by atoms with E-state index in [0.29, 0.717) is 16.8 Å². The number of aliphatic hydroxyl groups excluding tert-OH is 1. The molecule has 7 heteroatoms. The first-order valence-electron chi connectivity index (χ1n) is 7.37. The van der Waals surface area contributed by atoms with Crippen LogP contribution in [0, 0.1) is 18.8 Å². The van der Waals surface area contributed by atoms with Gasteiger partial charge in [0, 0.05) is 30.8 Å². The third kappa shape index (κ3) is 2.29. The van der Waals surface area contributed by atoms with Crippen molar-refractivity contribution in [3.8, 4) is 0 Å². The predicted molar refractivity (Wildman–Crippen MR) is 79.4 cm³/mol. The molecule has 3 atom stereocenters. The fraction of sp³-hybridized carbons (Fsp3) is 0.643. The molecule has 2 aliphatic rings. The highest BCUT2D eigenvalue weighted by Crippen LogP contribution is 2.38. The number of aliphatic hydroxyl groups is 1. The van der Waals surface area contributed by atoms with E-state index in [0.717, 1.165) is 43.2 Å². The second-order valence-corrected chi connectivity index (χ2v) is 7.23. The third-order valence-electron chi connectivity index (χ3n) is 4.67. The Hall–Kier alpha value is -1.31. The molecule has 0 aromatic carbocycles. The maximum absolute atomic E-state index is 11.9. The number of rotatable bonds is 2. The molecule has 0 bridgehead atoms. The van der Waals surface area contributed by atoms with Gasteiger partial charge >= 0.3 is 0 Å². The second-order valence-electron chi connectivity index (χ2n) is 6.19. The number of hydrogen-bond donors (Lipinski definition) is 1. The molecule has 1 aliphatic carbocycles. The Morgan fingerprint density at radius 2 is 2.29 bits per heavy atom. The van der Waals surface area contributed by atoms with Crippen molar-refractivity contribution in [3.63, 3.8) is 0 Å². The van der Waals surface area contributed by atoms with E-state index < -0.39 is 0 Å². The quantitative estimate of drug-likeness (QED) is 0.883. The van der Waals surface area contributed by atoms with Crippen LogP contribution in [-0.4, -0.2) is 43.8 Å². The van der Waals surface area contributed by atoms with Crippen LogP contribution in [0.15, 0.2) is 10.9 Å². The minimum absolute atomic E-state index is 0.117. The summed E-state index contributed by atoms with van der Waals surface area (Å²) >= 11 is 1.48. The van der Waals surface area contributed by atoms with Gasteiger partial charge in [-0.15, -0.1) is 0 Å².